The monoisotopic (exact) mass is 305 g/mol. The third-order valence-electron chi connectivity index (χ3n) is 4.14. The molecule has 1 aliphatic heterocycles. The average Bonchev–Trinajstić information content (AvgIpc) is 2.53. The van der Waals surface area contributed by atoms with Crippen LogP contribution in [0.15, 0.2) is 24.3 Å². The summed E-state index contributed by atoms with van der Waals surface area (Å²) in [5, 5.41) is 2.96. The summed E-state index contributed by atoms with van der Waals surface area (Å²) in [6.07, 6.45) is 0. The second-order valence-corrected chi connectivity index (χ2v) is 6.08. The van der Waals surface area contributed by atoms with E-state index in [1.165, 1.54) is 5.56 Å². The number of nitrogens with zero attached hydrogens (tertiary/aromatic N) is 2. The van der Waals surface area contributed by atoms with Crippen molar-refractivity contribution in [1.82, 2.24) is 15.1 Å². The minimum atomic E-state index is 0.0451. The number of methoxy groups -OCH3 is 1. The highest BCUT2D eigenvalue weighted by Crippen LogP contribution is 2.24. The number of carbonyl (C=O) groups excluding carboxylic acids is 1. The van der Waals surface area contributed by atoms with Crippen LogP contribution in [0, 0.1) is 0 Å². The highest BCUT2D eigenvalue weighted by Gasteiger charge is 2.25. The molecule has 0 saturated carbocycles. The number of hydrogen-bond donors (Lipinski definition) is 1. The Balaban J connectivity index is 1.91. The van der Waals surface area contributed by atoms with Crippen molar-refractivity contribution < 1.29 is 9.53 Å². The van der Waals surface area contributed by atoms with E-state index in [0.29, 0.717) is 6.04 Å². The summed E-state index contributed by atoms with van der Waals surface area (Å²) in [6.45, 7) is 9.50. The lowest BCUT2D eigenvalue weighted by molar-refractivity contribution is 0.113. The molecule has 1 atom stereocenters. The van der Waals surface area contributed by atoms with Crippen molar-refractivity contribution in [2.45, 2.75) is 32.9 Å². The van der Waals surface area contributed by atoms with Gasteiger partial charge < -0.3 is 15.0 Å². The molecule has 1 unspecified atom stereocenters. The van der Waals surface area contributed by atoms with Crippen LogP contribution in [0.25, 0.3) is 0 Å². The number of rotatable bonds is 4. The van der Waals surface area contributed by atoms with Crippen molar-refractivity contribution in [2.24, 2.45) is 0 Å². The Kier molecular flexibility index (Phi) is 5.66. The normalized spacial score (nSPS) is 17.4. The summed E-state index contributed by atoms with van der Waals surface area (Å²) >= 11 is 0. The molecule has 1 aromatic rings. The number of hydrogen-bond acceptors (Lipinski definition) is 3. The lowest BCUT2D eigenvalue weighted by atomic mass is 10.1. The van der Waals surface area contributed by atoms with E-state index >= 15 is 0 Å². The molecule has 1 saturated heterocycles. The molecule has 0 bridgehead atoms. The molecule has 0 aliphatic carbocycles. The van der Waals surface area contributed by atoms with Gasteiger partial charge >= 0.3 is 6.03 Å². The fraction of sp³-hybridized carbons (Fsp3) is 0.588. The molecule has 1 aliphatic rings. The van der Waals surface area contributed by atoms with E-state index in [9.17, 15) is 4.79 Å². The summed E-state index contributed by atoms with van der Waals surface area (Å²) in [4.78, 5) is 16.3. The van der Waals surface area contributed by atoms with Crippen LogP contribution in [0.5, 0.6) is 5.75 Å². The van der Waals surface area contributed by atoms with Gasteiger partial charge in [0.15, 0.2) is 0 Å². The highest BCUT2D eigenvalue weighted by atomic mass is 16.5. The molecule has 122 valence electrons. The molecule has 1 heterocycles. The summed E-state index contributed by atoms with van der Waals surface area (Å²) in [5.74, 6) is 0.888. The molecule has 2 amide bonds. The first kappa shape index (κ1) is 16.6. The van der Waals surface area contributed by atoms with E-state index in [2.05, 4.69) is 29.3 Å². The fourth-order valence-corrected chi connectivity index (χ4v) is 2.76. The van der Waals surface area contributed by atoms with Gasteiger partial charge in [-0.05, 0) is 38.5 Å². The van der Waals surface area contributed by atoms with Crippen molar-refractivity contribution in [3.8, 4) is 5.75 Å². The fourth-order valence-electron chi connectivity index (χ4n) is 2.76. The molecule has 1 aromatic carbocycles. The van der Waals surface area contributed by atoms with Crippen LogP contribution >= 0.6 is 0 Å². The van der Waals surface area contributed by atoms with Crippen LogP contribution in [-0.2, 0) is 0 Å². The molecule has 2 rings (SSSR count). The predicted molar refractivity (Wildman–Crippen MR) is 88.2 cm³/mol. The quantitative estimate of drug-likeness (QED) is 0.929. The second-order valence-electron chi connectivity index (χ2n) is 6.08. The van der Waals surface area contributed by atoms with Crippen LogP contribution in [0.2, 0.25) is 0 Å². The van der Waals surface area contributed by atoms with Crippen molar-refractivity contribution in [3.05, 3.63) is 29.8 Å². The zero-order chi connectivity index (χ0) is 16.1. The smallest absolute Gasteiger partial charge is 0.317 e. The van der Waals surface area contributed by atoms with Gasteiger partial charge in [-0.2, -0.15) is 0 Å². The van der Waals surface area contributed by atoms with E-state index in [1.54, 1.807) is 7.11 Å². The second kappa shape index (κ2) is 7.49. The third-order valence-corrected chi connectivity index (χ3v) is 4.14. The predicted octanol–water partition coefficient (Wildman–Crippen LogP) is 2.49. The van der Waals surface area contributed by atoms with Crippen LogP contribution in [-0.4, -0.2) is 55.2 Å². The standard InChI is InChI=1S/C17H27N3O2/c1-13(2)18-17(21)20-10-8-19(9-11-20)14(3)15-6-5-7-16(12-15)22-4/h5-7,12-14H,8-11H2,1-4H3,(H,18,21). The minimum absolute atomic E-state index is 0.0451. The first-order chi connectivity index (χ1) is 10.5. The first-order valence-electron chi connectivity index (χ1n) is 7.94. The van der Waals surface area contributed by atoms with Gasteiger partial charge in [-0.25, -0.2) is 4.79 Å². The zero-order valence-electron chi connectivity index (χ0n) is 14.0. The number of piperazine rings is 1. The maximum atomic E-state index is 12.0. The molecule has 1 N–H and O–H groups in total. The van der Waals surface area contributed by atoms with Gasteiger partial charge in [-0.1, -0.05) is 12.1 Å². The highest BCUT2D eigenvalue weighted by molar-refractivity contribution is 5.74. The Morgan fingerprint density at radius 2 is 1.86 bits per heavy atom. The molecular weight excluding hydrogens is 278 g/mol. The Labute approximate surface area is 133 Å². The summed E-state index contributed by atoms with van der Waals surface area (Å²) in [6, 6.07) is 8.75. The Morgan fingerprint density at radius 1 is 1.18 bits per heavy atom. The molecule has 0 radical (unpaired) electrons. The minimum Gasteiger partial charge on any atom is -0.497 e. The average molecular weight is 305 g/mol. The lowest BCUT2D eigenvalue weighted by Crippen LogP contribution is -2.53. The largest absolute Gasteiger partial charge is 0.497 e. The van der Waals surface area contributed by atoms with Gasteiger partial charge in [0.05, 0.1) is 7.11 Å². The van der Waals surface area contributed by atoms with Gasteiger partial charge in [0.2, 0.25) is 0 Å². The summed E-state index contributed by atoms with van der Waals surface area (Å²) in [7, 11) is 1.69. The van der Waals surface area contributed by atoms with Gasteiger partial charge in [0.25, 0.3) is 0 Å². The lowest BCUT2D eigenvalue weighted by Gasteiger charge is -2.38. The topological polar surface area (TPSA) is 44.8 Å². The van der Waals surface area contributed by atoms with E-state index in [0.717, 1.165) is 31.9 Å². The first-order valence-corrected chi connectivity index (χ1v) is 7.94. The molecular formula is C17H27N3O2. The van der Waals surface area contributed by atoms with E-state index < -0.39 is 0 Å². The molecule has 5 heteroatoms. The van der Waals surface area contributed by atoms with Gasteiger partial charge in [0, 0.05) is 38.3 Å². The molecule has 5 nitrogen and oxygen atoms in total. The van der Waals surface area contributed by atoms with E-state index in [1.807, 2.05) is 30.9 Å². The Hall–Kier alpha value is -1.75. The summed E-state index contributed by atoms with van der Waals surface area (Å²) < 4.78 is 5.30. The van der Waals surface area contributed by atoms with Crippen LogP contribution < -0.4 is 10.1 Å². The maximum Gasteiger partial charge on any atom is 0.317 e. The van der Waals surface area contributed by atoms with Crippen LogP contribution in [0.4, 0.5) is 4.79 Å². The zero-order valence-corrected chi connectivity index (χ0v) is 14.0. The summed E-state index contributed by atoms with van der Waals surface area (Å²) in [5.41, 5.74) is 1.25. The Bertz CT molecular complexity index is 496. The van der Waals surface area contributed by atoms with Gasteiger partial charge in [-0.15, -0.1) is 0 Å². The van der Waals surface area contributed by atoms with Gasteiger partial charge in [-0.3, -0.25) is 4.90 Å². The van der Waals surface area contributed by atoms with Crippen LogP contribution in [0.3, 0.4) is 0 Å². The number of carbonyl (C=O) groups is 1. The van der Waals surface area contributed by atoms with Crippen molar-refractivity contribution >= 4 is 6.03 Å². The number of nitrogens with one attached hydrogen (secondary N) is 1. The van der Waals surface area contributed by atoms with E-state index in [4.69, 9.17) is 4.74 Å². The maximum absolute atomic E-state index is 12.0. The molecule has 1 fully saturated rings. The molecule has 0 spiro atoms. The van der Waals surface area contributed by atoms with Crippen LogP contribution in [0.1, 0.15) is 32.4 Å². The Morgan fingerprint density at radius 3 is 2.45 bits per heavy atom. The van der Waals surface area contributed by atoms with E-state index in [-0.39, 0.29) is 12.1 Å². The van der Waals surface area contributed by atoms with Crippen molar-refractivity contribution in [1.29, 1.82) is 0 Å². The third kappa shape index (κ3) is 4.13. The van der Waals surface area contributed by atoms with Crippen molar-refractivity contribution in [3.63, 3.8) is 0 Å². The molecule has 0 aromatic heterocycles. The number of benzene rings is 1. The number of urea groups is 1. The number of amides is 2. The van der Waals surface area contributed by atoms with Gasteiger partial charge in [0.1, 0.15) is 5.75 Å². The molecule has 22 heavy (non-hydrogen) atoms. The SMILES string of the molecule is COc1cccc(C(C)N2CCN(C(=O)NC(C)C)CC2)c1. The van der Waals surface area contributed by atoms with Crippen molar-refractivity contribution in [2.75, 3.05) is 33.3 Å². The number of ether oxygens (including phenoxy) is 1.